The number of phenolic OH excluding ortho intramolecular Hbond substituents is 1. The fraction of sp³-hybridized carbons (Fsp3) is 0.190. The van der Waals surface area contributed by atoms with Crippen LogP contribution >= 0.6 is 34.2 Å². The van der Waals surface area contributed by atoms with Gasteiger partial charge in [0.2, 0.25) is 23.6 Å². The summed E-state index contributed by atoms with van der Waals surface area (Å²) >= 11 is 8.62. The number of imide groups is 2. The summed E-state index contributed by atoms with van der Waals surface area (Å²) in [5.74, 6) is -5.07. The number of anilines is 2. The first-order valence-electron chi connectivity index (χ1n) is 16.9. The highest BCUT2D eigenvalue weighted by atomic mass is 127. The van der Waals surface area contributed by atoms with Crippen molar-refractivity contribution in [2.24, 2.45) is 23.7 Å². The van der Waals surface area contributed by atoms with Crippen molar-refractivity contribution in [3.05, 3.63) is 147 Å². The van der Waals surface area contributed by atoms with E-state index < -0.39 is 46.8 Å². The Labute approximate surface area is 312 Å². The van der Waals surface area contributed by atoms with E-state index in [9.17, 15) is 14.7 Å². The quantitative estimate of drug-likeness (QED) is 0.112. The first-order chi connectivity index (χ1) is 24.7. The van der Waals surface area contributed by atoms with Gasteiger partial charge in [0.1, 0.15) is 5.75 Å². The lowest BCUT2D eigenvalue weighted by atomic mass is 9.48. The van der Waals surface area contributed by atoms with Gasteiger partial charge in [-0.1, -0.05) is 90.0 Å². The fourth-order valence-corrected chi connectivity index (χ4v) is 10.0. The van der Waals surface area contributed by atoms with Crippen molar-refractivity contribution in [2.45, 2.75) is 24.2 Å². The van der Waals surface area contributed by atoms with Crippen LogP contribution in [-0.2, 0) is 24.6 Å². The second-order valence-electron chi connectivity index (χ2n) is 13.8. The molecule has 7 nitrogen and oxygen atoms in total. The zero-order valence-corrected chi connectivity index (χ0v) is 30.0. The molecular formula is C42H30ClIN2O5. The molecule has 0 bridgehead atoms. The van der Waals surface area contributed by atoms with Gasteiger partial charge >= 0.3 is 0 Å². The highest BCUT2D eigenvalue weighted by Crippen LogP contribution is 2.66. The first-order valence-corrected chi connectivity index (χ1v) is 18.4. The molecule has 9 rings (SSSR count). The number of carbonyl (C=O) groups excluding carboxylic acids is 4. The number of aromatic hydroxyl groups is 1. The summed E-state index contributed by atoms with van der Waals surface area (Å²) in [7, 11) is 0. The van der Waals surface area contributed by atoms with Crippen LogP contribution in [0.2, 0.25) is 5.02 Å². The maximum absolute atomic E-state index is 15.5. The molecule has 5 aromatic carbocycles. The third-order valence-electron chi connectivity index (χ3n) is 11.5. The van der Waals surface area contributed by atoms with E-state index in [1.54, 1.807) is 42.5 Å². The number of benzene rings is 5. The van der Waals surface area contributed by atoms with Gasteiger partial charge < -0.3 is 5.11 Å². The van der Waals surface area contributed by atoms with Crippen LogP contribution in [0.4, 0.5) is 11.4 Å². The summed E-state index contributed by atoms with van der Waals surface area (Å²) in [5, 5.41) is 13.9. The number of rotatable bonds is 4. The Hall–Kier alpha value is -4.80. The minimum Gasteiger partial charge on any atom is -0.508 e. The second-order valence-corrected chi connectivity index (χ2v) is 15.5. The Balaban J connectivity index is 1.31. The number of hydrogen-bond donors (Lipinski definition) is 1. The van der Waals surface area contributed by atoms with Crippen molar-refractivity contribution < 1.29 is 24.3 Å². The first kappa shape index (κ1) is 32.1. The maximum atomic E-state index is 15.5. The average Bonchev–Trinajstić information content (AvgIpc) is 3.53. The molecule has 4 aliphatic rings. The number of allylic oxidation sites excluding steroid dienone is 2. The zero-order valence-electron chi connectivity index (χ0n) is 27.1. The third kappa shape index (κ3) is 4.55. The molecule has 0 aromatic heterocycles. The Morgan fingerprint density at radius 1 is 0.725 bits per heavy atom. The minimum atomic E-state index is -1.49. The fourth-order valence-electron chi connectivity index (χ4n) is 9.49. The molecule has 2 heterocycles. The van der Waals surface area contributed by atoms with Gasteiger partial charge in [-0.05, 0) is 106 Å². The van der Waals surface area contributed by atoms with Crippen molar-refractivity contribution in [1.29, 1.82) is 0 Å². The van der Waals surface area contributed by atoms with E-state index in [-0.39, 0.29) is 24.0 Å². The molecule has 51 heavy (non-hydrogen) atoms. The molecule has 1 N–H and O–H groups in total. The maximum Gasteiger partial charge on any atom is 0.246 e. The van der Waals surface area contributed by atoms with Crippen molar-refractivity contribution >= 4 is 80.0 Å². The van der Waals surface area contributed by atoms with E-state index in [2.05, 4.69) is 22.6 Å². The SMILES string of the molecule is O=C1C2CC=C3C(CC4C(=O)N(c5cccc(Cl)c5)C(=O)C4(c4ccccc4)C3c3c(O)ccc4ccccc34)C2C(=O)N1c1ccc(I)cc1. The number of phenols is 1. The van der Waals surface area contributed by atoms with Crippen LogP contribution in [0.1, 0.15) is 29.9 Å². The highest BCUT2D eigenvalue weighted by Gasteiger charge is 2.70. The molecule has 0 radical (unpaired) electrons. The van der Waals surface area contributed by atoms with E-state index in [0.29, 0.717) is 33.9 Å². The molecule has 3 fully saturated rings. The van der Waals surface area contributed by atoms with Crippen LogP contribution in [0.3, 0.4) is 0 Å². The topological polar surface area (TPSA) is 95.0 Å². The van der Waals surface area contributed by atoms with Crippen LogP contribution in [0.25, 0.3) is 10.8 Å². The molecule has 0 spiro atoms. The van der Waals surface area contributed by atoms with E-state index in [1.165, 1.54) is 9.80 Å². The molecule has 6 unspecified atom stereocenters. The standard InChI is InChI=1S/C42H30ClIN2O5/c43-25-10-6-11-28(21-25)46-39(49)33-22-32-30(18-19-31-35(32)40(50)45(38(31)48)27-16-14-26(44)15-17-27)37(42(33,41(46)51)24-8-2-1-3-9-24)36-29-12-5-4-7-23(29)13-20-34(36)47/h1-18,20-21,31-33,35,37,47H,19,22H2. The smallest absolute Gasteiger partial charge is 0.246 e. The Bertz CT molecular complexity index is 2340. The summed E-state index contributed by atoms with van der Waals surface area (Å²) in [6.07, 6.45) is 2.48. The number of carbonyl (C=O) groups is 4. The lowest BCUT2D eigenvalue weighted by Gasteiger charge is -2.51. The van der Waals surface area contributed by atoms with Crippen LogP contribution < -0.4 is 9.80 Å². The summed E-state index contributed by atoms with van der Waals surface area (Å²) in [5.41, 5.74) is 1.34. The normalized spacial score (nSPS) is 27.0. The van der Waals surface area contributed by atoms with Gasteiger partial charge in [0.25, 0.3) is 0 Å². The predicted octanol–water partition coefficient (Wildman–Crippen LogP) is 8.17. The molecule has 5 aromatic rings. The lowest BCUT2D eigenvalue weighted by molar-refractivity contribution is -0.127. The molecular weight excluding hydrogens is 775 g/mol. The van der Waals surface area contributed by atoms with E-state index >= 15 is 9.59 Å². The van der Waals surface area contributed by atoms with Crippen LogP contribution in [-0.4, -0.2) is 28.7 Å². The number of halogens is 2. The summed E-state index contributed by atoms with van der Waals surface area (Å²) in [6.45, 7) is 0. The van der Waals surface area contributed by atoms with Crippen LogP contribution in [0, 0.1) is 27.2 Å². The van der Waals surface area contributed by atoms with Gasteiger partial charge in [0.05, 0.1) is 34.5 Å². The van der Waals surface area contributed by atoms with Gasteiger partial charge in [0.15, 0.2) is 0 Å². The summed E-state index contributed by atoms with van der Waals surface area (Å²) in [6, 6.07) is 34.5. The molecule has 9 heteroatoms. The van der Waals surface area contributed by atoms with Gasteiger partial charge in [-0.25, -0.2) is 4.90 Å². The number of hydrogen-bond acceptors (Lipinski definition) is 5. The molecule has 1 saturated carbocycles. The van der Waals surface area contributed by atoms with Crippen molar-refractivity contribution in [1.82, 2.24) is 0 Å². The van der Waals surface area contributed by atoms with E-state index in [1.807, 2.05) is 78.9 Å². The third-order valence-corrected chi connectivity index (χ3v) is 12.4. The molecule has 6 atom stereocenters. The molecule has 4 amide bonds. The highest BCUT2D eigenvalue weighted by molar-refractivity contribution is 14.1. The van der Waals surface area contributed by atoms with E-state index in [0.717, 1.165) is 19.9 Å². The Morgan fingerprint density at radius 2 is 1.47 bits per heavy atom. The van der Waals surface area contributed by atoms with Gasteiger partial charge in [-0.15, -0.1) is 0 Å². The number of fused-ring (bicyclic) bond motifs is 5. The monoisotopic (exact) mass is 804 g/mol. The molecule has 2 aliphatic carbocycles. The molecule has 252 valence electrons. The predicted molar refractivity (Wildman–Crippen MR) is 203 cm³/mol. The van der Waals surface area contributed by atoms with Crippen molar-refractivity contribution in [3.8, 4) is 5.75 Å². The van der Waals surface area contributed by atoms with Gasteiger partial charge in [-0.3, -0.25) is 24.1 Å². The van der Waals surface area contributed by atoms with E-state index in [4.69, 9.17) is 11.6 Å². The zero-order chi connectivity index (χ0) is 35.2. The number of amides is 4. The average molecular weight is 805 g/mol. The van der Waals surface area contributed by atoms with Gasteiger partial charge in [-0.2, -0.15) is 0 Å². The second kappa shape index (κ2) is 11.9. The molecule has 2 aliphatic heterocycles. The summed E-state index contributed by atoms with van der Waals surface area (Å²) < 4.78 is 0.979. The molecule has 2 saturated heterocycles. The van der Waals surface area contributed by atoms with Gasteiger partial charge in [0, 0.05) is 20.1 Å². The lowest BCUT2D eigenvalue weighted by Crippen LogP contribution is -2.53. The Kier molecular flexibility index (Phi) is 7.49. The summed E-state index contributed by atoms with van der Waals surface area (Å²) in [4.78, 5) is 61.7. The van der Waals surface area contributed by atoms with Crippen molar-refractivity contribution in [3.63, 3.8) is 0 Å². The van der Waals surface area contributed by atoms with Crippen LogP contribution in [0.5, 0.6) is 5.75 Å². The largest absolute Gasteiger partial charge is 0.508 e. The Morgan fingerprint density at radius 3 is 2.24 bits per heavy atom. The van der Waals surface area contributed by atoms with Crippen molar-refractivity contribution in [2.75, 3.05) is 9.80 Å². The minimum absolute atomic E-state index is 0.00720. The van der Waals surface area contributed by atoms with Crippen LogP contribution in [0.15, 0.2) is 127 Å². The number of nitrogens with zero attached hydrogens (tertiary/aromatic N) is 2.